The van der Waals surface area contributed by atoms with Gasteiger partial charge >= 0.3 is 0 Å². The maximum Gasteiger partial charge on any atom is 0.255 e. The van der Waals surface area contributed by atoms with Gasteiger partial charge in [0.25, 0.3) is 5.91 Å². The van der Waals surface area contributed by atoms with E-state index < -0.39 is 0 Å². The van der Waals surface area contributed by atoms with Gasteiger partial charge in [-0.3, -0.25) is 9.59 Å². The zero-order chi connectivity index (χ0) is 17.1. The molecule has 1 aliphatic carbocycles. The minimum atomic E-state index is -0.363. The van der Waals surface area contributed by atoms with Gasteiger partial charge in [0.15, 0.2) is 0 Å². The highest BCUT2D eigenvalue weighted by molar-refractivity contribution is 6.05. The van der Waals surface area contributed by atoms with Crippen LogP contribution in [0.4, 0.5) is 10.1 Å². The lowest BCUT2D eigenvalue weighted by molar-refractivity contribution is -0.120. The number of hydrogen-bond acceptors (Lipinski definition) is 2. The van der Waals surface area contributed by atoms with Gasteiger partial charge in [-0.05, 0) is 61.2 Å². The summed E-state index contributed by atoms with van der Waals surface area (Å²) in [5.74, 6) is -0.624. The first kappa shape index (κ1) is 16.2. The molecule has 1 saturated carbocycles. The quantitative estimate of drug-likeness (QED) is 0.886. The zero-order valence-electron chi connectivity index (χ0n) is 13.4. The Kier molecular flexibility index (Phi) is 4.60. The predicted molar refractivity (Wildman–Crippen MR) is 90.4 cm³/mol. The number of halogens is 1. The number of amides is 2. The van der Waals surface area contributed by atoms with E-state index in [0.717, 1.165) is 18.4 Å². The summed E-state index contributed by atoms with van der Waals surface area (Å²) in [6.45, 7) is 1.69. The average Bonchev–Trinajstić information content (AvgIpc) is 3.33. The molecule has 0 saturated heterocycles. The number of nitrogens with one attached hydrogen (secondary N) is 2. The Balaban J connectivity index is 1.60. The van der Waals surface area contributed by atoms with Crippen molar-refractivity contribution in [1.29, 1.82) is 0 Å². The Hall–Kier alpha value is -2.69. The predicted octanol–water partition coefficient (Wildman–Crippen LogP) is 3.21. The van der Waals surface area contributed by atoms with E-state index in [0.29, 0.717) is 29.3 Å². The number of rotatable bonds is 5. The van der Waals surface area contributed by atoms with Crippen LogP contribution in [0.2, 0.25) is 0 Å². The second-order valence-corrected chi connectivity index (χ2v) is 6.13. The first-order valence-corrected chi connectivity index (χ1v) is 7.97. The number of carbonyl (C=O) groups excluding carboxylic acids is 2. The van der Waals surface area contributed by atoms with Crippen molar-refractivity contribution in [2.24, 2.45) is 0 Å². The van der Waals surface area contributed by atoms with Crippen molar-refractivity contribution in [3.05, 3.63) is 65.0 Å². The van der Waals surface area contributed by atoms with E-state index in [1.54, 1.807) is 19.1 Å². The molecule has 2 aromatic carbocycles. The summed E-state index contributed by atoms with van der Waals surface area (Å²) in [6.07, 6.45) is 2.47. The van der Waals surface area contributed by atoms with Crippen molar-refractivity contribution in [2.75, 3.05) is 5.32 Å². The van der Waals surface area contributed by atoms with E-state index in [1.165, 1.54) is 18.2 Å². The van der Waals surface area contributed by atoms with Gasteiger partial charge in [0.05, 0.1) is 6.42 Å². The number of carbonyl (C=O) groups is 2. The highest BCUT2D eigenvalue weighted by atomic mass is 19.1. The third-order valence-electron chi connectivity index (χ3n) is 3.95. The number of anilines is 1. The molecule has 2 aromatic rings. The van der Waals surface area contributed by atoms with E-state index in [1.807, 2.05) is 12.1 Å². The van der Waals surface area contributed by atoms with E-state index >= 15 is 0 Å². The molecular weight excluding hydrogens is 307 g/mol. The summed E-state index contributed by atoms with van der Waals surface area (Å²) in [7, 11) is 0. The van der Waals surface area contributed by atoms with E-state index in [4.69, 9.17) is 0 Å². The highest BCUT2D eigenvalue weighted by Gasteiger charge is 2.23. The average molecular weight is 326 g/mol. The summed E-state index contributed by atoms with van der Waals surface area (Å²) < 4.78 is 13.1. The van der Waals surface area contributed by atoms with Gasteiger partial charge in [0.1, 0.15) is 5.82 Å². The fraction of sp³-hybridized carbons (Fsp3) is 0.263. The van der Waals surface area contributed by atoms with Crippen LogP contribution in [-0.4, -0.2) is 17.9 Å². The summed E-state index contributed by atoms with van der Waals surface area (Å²) in [5, 5.41) is 5.72. The molecule has 1 aliphatic rings. The molecule has 3 rings (SSSR count). The molecule has 124 valence electrons. The minimum Gasteiger partial charge on any atom is -0.353 e. The molecule has 1 fully saturated rings. The Morgan fingerprint density at radius 2 is 1.83 bits per heavy atom. The smallest absolute Gasteiger partial charge is 0.255 e. The van der Waals surface area contributed by atoms with Gasteiger partial charge in [0, 0.05) is 17.3 Å². The summed E-state index contributed by atoms with van der Waals surface area (Å²) in [6, 6.07) is 11.6. The second kappa shape index (κ2) is 6.83. The molecule has 0 spiro atoms. The van der Waals surface area contributed by atoms with E-state index in [9.17, 15) is 14.0 Å². The molecule has 5 heteroatoms. The highest BCUT2D eigenvalue weighted by Crippen LogP contribution is 2.19. The lowest BCUT2D eigenvalue weighted by atomic mass is 10.1. The van der Waals surface area contributed by atoms with Crippen molar-refractivity contribution in [2.45, 2.75) is 32.2 Å². The molecule has 0 radical (unpaired) electrons. The van der Waals surface area contributed by atoms with Crippen LogP contribution in [0.25, 0.3) is 0 Å². The molecule has 4 nitrogen and oxygen atoms in total. The first-order valence-electron chi connectivity index (χ1n) is 7.97. The van der Waals surface area contributed by atoms with Crippen molar-refractivity contribution in [3.8, 4) is 0 Å². The molecule has 24 heavy (non-hydrogen) atoms. The van der Waals surface area contributed by atoms with E-state index in [2.05, 4.69) is 10.6 Å². The molecular formula is C19H19FN2O2. The molecule has 0 aromatic heterocycles. The fourth-order valence-corrected chi connectivity index (χ4v) is 2.48. The summed E-state index contributed by atoms with van der Waals surface area (Å²) in [5.41, 5.74) is 2.55. The van der Waals surface area contributed by atoms with Gasteiger partial charge in [-0.1, -0.05) is 12.1 Å². The van der Waals surface area contributed by atoms with Crippen LogP contribution in [0.15, 0.2) is 42.5 Å². The van der Waals surface area contributed by atoms with Crippen LogP contribution in [0.1, 0.15) is 34.3 Å². The standard InChI is InChI=1S/C19H19FN2O2/c1-12-10-14(20)4-9-17(12)19(24)22-16-5-2-13(3-6-16)11-18(23)21-15-7-8-15/h2-6,9-10,15H,7-8,11H2,1H3,(H,21,23)(H,22,24). The van der Waals surface area contributed by atoms with Crippen LogP contribution in [0, 0.1) is 12.7 Å². The lowest BCUT2D eigenvalue weighted by Crippen LogP contribution is -2.26. The fourth-order valence-electron chi connectivity index (χ4n) is 2.48. The van der Waals surface area contributed by atoms with Crippen molar-refractivity contribution >= 4 is 17.5 Å². The van der Waals surface area contributed by atoms with Crippen LogP contribution in [0.3, 0.4) is 0 Å². The Labute approximate surface area is 140 Å². The van der Waals surface area contributed by atoms with Gasteiger partial charge in [0.2, 0.25) is 5.91 Å². The van der Waals surface area contributed by atoms with Gasteiger partial charge < -0.3 is 10.6 Å². The van der Waals surface area contributed by atoms with Crippen molar-refractivity contribution in [3.63, 3.8) is 0 Å². The minimum absolute atomic E-state index is 0.0243. The Bertz CT molecular complexity index is 767. The van der Waals surface area contributed by atoms with Crippen LogP contribution >= 0.6 is 0 Å². The molecule has 0 bridgehead atoms. The molecule has 0 aliphatic heterocycles. The monoisotopic (exact) mass is 326 g/mol. The second-order valence-electron chi connectivity index (χ2n) is 6.13. The first-order chi connectivity index (χ1) is 11.5. The maximum atomic E-state index is 13.1. The van der Waals surface area contributed by atoms with Crippen LogP contribution < -0.4 is 10.6 Å². The summed E-state index contributed by atoms with van der Waals surface area (Å²) in [4.78, 5) is 24.0. The zero-order valence-corrected chi connectivity index (χ0v) is 13.4. The van der Waals surface area contributed by atoms with Gasteiger partial charge in [-0.2, -0.15) is 0 Å². The SMILES string of the molecule is Cc1cc(F)ccc1C(=O)Nc1ccc(CC(=O)NC2CC2)cc1. The Morgan fingerprint density at radius 1 is 1.12 bits per heavy atom. The third kappa shape index (κ3) is 4.19. The van der Waals surface area contributed by atoms with E-state index in [-0.39, 0.29) is 17.6 Å². The number of aryl methyl sites for hydroxylation is 1. The molecule has 2 N–H and O–H groups in total. The largest absolute Gasteiger partial charge is 0.353 e. The van der Waals surface area contributed by atoms with Crippen molar-refractivity contribution in [1.82, 2.24) is 5.32 Å². The van der Waals surface area contributed by atoms with Crippen molar-refractivity contribution < 1.29 is 14.0 Å². The van der Waals surface area contributed by atoms with Gasteiger partial charge in [-0.15, -0.1) is 0 Å². The normalized spacial score (nSPS) is 13.4. The molecule has 2 amide bonds. The molecule has 0 unspecified atom stereocenters. The van der Waals surface area contributed by atoms with Crippen LogP contribution in [-0.2, 0) is 11.2 Å². The maximum absolute atomic E-state index is 13.1. The lowest BCUT2D eigenvalue weighted by Gasteiger charge is -2.09. The molecule has 0 atom stereocenters. The topological polar surface area (TPSA) is 58.2 Å². The van der Waals surface area contributed by atoms with Gasteiger partial charge in [-0.25, -0.2) is 4.39 Å². The summed E-state index contributed by atoms with van der Waals surface area (Å²) >= 11 is 0. The Morgan fingerprint density at radius 3 is 2.46 bits per heavy atom. The van der Waals surface area contributed by atoms with Crippen LogP contribution in [0.5, 0.6) is 0 Å². The number of benzene rings is 2. The third-order valence-corrected chi connectivity index (χ3v) is 3.95. The number of hydrogen-bond donors (Lipinski definition) is 2. The molecule has 0 heterocycles.